The predicted octanol–water partition coefficient (Wildman–Crippen LogP) is 4.09. The van der Waals surface area contributed by atoms with E-state index in [2.05, 4.69) is 17.6 Å². The van der Waals surface area contributed by atoms with Gasteiger partial charge in [0.15, 0.2) is 0 Å². The lowest BCUT2D eigenvalue weighted by atomic mass is 10.1. The van der Waals surface area contributed by atoms with E-state index in [1.807, 2.05) is 45.9 Å². The molecule has 1 heterocycles. The Labute approximate surface area is 87.2 Å². The van der Waals surface area contributed by atoms with Crippen LogP contribution < -0.4 is 0 Å². The summed E-state index contributed by atoms with van der Waals surface area (Å²) in [5.41, 5.74) is 3.10. The first-order valence-corrected chi connectivity index (χ1v) is 5.00. The second-order valence-corrected chi connectivity index (χ2v) is 2.63. The summed E-state index contributed by atoms with van der Waals surface area (Å²) in [7, 11) is 0. The fourth-order valence-electron chi connectivity index (χ4n) is 1.07. The zero-order valence-electron chi connectivity index (χ0n) is 9.54. The number of pyridine rings is 1. The van der Waals surface area contributed by atoms with Crippen LogP contribution in [0.2, 0.25) is 0 Å². The molecule has 0 atom stereocenters. The van der Waals surface area contributed by atoms with Crippen molar-refractivity contribution in [2.45, 2.75) is 27.7 Å². The Kier molecular flexibility index (Phi) is 6.38. The molecule has 1 nitrogen and oxygen atoms in total. The summed E-state index contributed by atoms with van der Waals surface area (Å²) in [5.74, 6) is 0. The lowest BCUT2D eigenvalue weighted by molar-refractivity contribution is 1.17. The van der Waals surface area contributed by atoms with E-state index >= 15 is 0 Å². The number of nitrogens with zero attached hydrogens (tertiary/aromatic N) is 1. The highest BCUT2D eigenvalue weighted by Crippen LogP contribution is 2.10. The molecule has 0 fully saturated rings. The Morgan fingerprint density at radius 3 is 2.43 bits per heavy atom. The number of allylic oxidation sites excluding steroid dienone is 1. The van der Waals surface area contributed by atoms with Crippen LogP contribution in [0.25, 0.3) is 12.2 Å². The summed E-state index contributed by atoms with van der Waals surface area (Å²) >= 11 is 0. The summed E-state index contributed by atoms with van der Waals surface area (Å²) in [4.78, 5) is 4.34. The van der Waals surface area contributed by atoms with Gasteiger partial charge in [0.2, 0.25) is 0 Å². The standard InChI is InChI=1S/C11H13N.C2H6/c1-4-6-10-8-7-9(3)12-11(10)5-2;1-2/h4-8H,2H2,1,3H3;1-2H3/b6-4-;. The molecule has 0 saturated heterocycles. The molecule has 0 saturated carbocycles. The van der Waals surface area contributed by atoms with Crippen molar-refractivity contribution in [1.29, 1.82) is 0 Å². The highest BCUT2D eigenvalue weighted by molar-refractivity contribution is 5.61. The van der Waals surface area contributed by atoms with Crippen molar-refractivity contribution < 1.29 is 0 Å². The van der Waals surface area contributed by atoms with Crippen LogP contribution in [0.4, 0.5) is 0 Å². The molecule has 0 radical (unpaired) electrons. The number of hydrogen-bond donors (Lipinski definition) is 0. The number of aryl methyl sites for hydroxylation is 1. The van der Waals surface area contributed by atoms with E-state index in [1.165, 1.54) is 0 Å². The van der Waals surface area contributed by atoms with Crippen LogP contribution in [0.5, 0.6) is 0 Å². The predicted molar refractivity (Wildman–Crippen MR) is 65.1 cm³/mol. The van der Waals surface area contributed by atoms with Crippen molar-refractivity contribution in [1.82, 2.24) is 4.98 Å². The molecule has 1 aromatic rings. The maximum Gasteiger partial charge on any atom is 0.0699 e. The molecule has 0 N–H and O–H groups in total. The molecule has 1 aromatic heterocycles. The first kappa shape index (κ1) is 12.6. The molecule has 0 aliphatic carbocycles. The van der Waals surface area contributed by atoms with Crippen LogP contribution in [0.1, 0.15) is 37.7 Å². The van der Waals surface area contributed by atoms with Crippen molar-refractivity contribution in [2.24, 2.45) is 0 Å². The van der Waals surface area contributed by atoms with Gasteiger partial charge in [-0.15, -0.1) is 0 Å². The van der Waals surface area contributed by atoms with E-state index in [0.717, 1.165) is 17.0 Å². The highest BCUT2D eigenvalue weighted by atomic mass is 14.7. The molecular weight excluding hydrogens is 170 g/mol. The average Bonchev–Trinajstić information content (AvgIpc) is 2.24. The monoisotopic (exact) mass is 189 g/mol. The third-order valence-corrected chi connectivity index (χ3v) is 1.64. The molecule has 0 aromatic carbocycles. The van der Waals surface area contributed by atoms with Crippen LogP contribution in [-0.2, 0) is 0 Å². The molecular formula is C13H19N. The van der Waals surface area contributed by atoms with E-state index in [0.29, 0.717) is 0 Å². The van der Waals surface area contributed by atoms with Crippen molar-refractivity contribution in [3.63, 3.8) is 0 Å². The molecule has 0 spiro atoms. The third-order valence-electron chi connectivity index (χ3n) is 1.64. The number of hydrogen-bond acceptors (Lipinski definition) is 1. The fraction of sp³-hybridized carbons (Fsp3) is 0.308. The third kappa shape index (κ3) is 3.56. The second-order valence-electron chi connectivity index (χ2n) is 2.63. The van der Waals surface area contributed by atoms with E-state index in [-0.39, 0.29) is 0 Å². The molecule has 76 valence electrons. The molecule has 0 aliphatic rings. The van der Waals surface area contributed by atoms with E-state index in [4.69, 9.17) is 0 Å². The topological polar surface area (TPSA) is 12.9 Å². The van der Waals surface area contributed by atoms with Gasteiger partial charge in [-0.3, -0.25) is 4.98 Å². The smallest absolute Gasteiger partial charge is 0.0699 e. The van der Waals surface area contributed by atoms with Crippen molar-refractivity contribution in [2.75, 3.05) is 0 Å². The first-order valence-electron chi connectivity index (χ1n) is 5.00. The van der Waals surface area contributed by atoms with Gasteiger partial charge in [-0.05, 0) is 31.6 Å². The quantitative estimate of drug-likeness (QED) is 0.682. The average molecular weight is 189 g/mol. The molecule has 1 heteroatoms. The van der Waals surface area contributed by atoms with Crippen LogP contribution in [-0.4, -0.2) is 4.98 Å². The molecule has 14 heavy (non-hydrogen) atoms. The molecule has 0 unspecified atom stereocenters. The maximum absolute atomic E-state index is 4.34. The van der Waals surface area contributed by atoms with Crippen molar-refractivity contribution in [3.05, 3.63) is 41.7 Å². The summed E-state index contributed by atoms with van der Waals surface area (Å²) in [6, 6.07) is 4.06. The van der Waals surface area contributed by atoms with Gasteiger partial charge in [0, 0.05) is 5.69 Å². The van der Waals surface area contributed by atoms with Gasteiger partial charge in [0.25, 0.3) is 0 Å². The van der Waals surface area contributed by atoms with Gasteiger partial charge in [0.1, 0.15) is 0 Å². The molecule has 0 aliphatic heterocycles. The Morgan fingerprint density at radius 1 is 1.29 bits per heavy atom. The highest BCUT2D eigenvalue weighted by Gasteiger charge is 1.95. The molecule has 1 rings (SSSR count). The van der Waals surface area contributed by atoms with E-state index in [9.17, 15) is 0 Å². The van der Waals surface area contributed by atoms with Gasteiger partial charge in [-0.25, -0.2) is 0 Å². The minimum absolute atomic E-state index is 0.952. The maximum atomic E-state index is 4.34. The zero-order chi connectivity index (χ0) is 11.0. The van der Waals surface area contributed by atoms with Crippen LogP contribution in [0.3, 0.4) is 0 Å². The van der Waals surface area contributed by atoms with Gasteiger partial charge < -0.3 is 0 Å². The summed E-state index contributed by atoms with van der Waals surface area (Å²) in [6.45, 7) is 11.7. The second kappa shape index (κ2) is 7.07. The summed E-state index contributed by atoms with van der Waals surface area (Å²) in [6.07, 6.45) is 5.81. The first-order chi connectivity index (χ1) is 6.77. The van der Waals surface area contributed by atoms with E-state index < -0.39 is 0 Å². The minimum Gasteiger partial charge on any atom is -0.253 e. The van der Waals surface area contributed by atoms with Crippen LogP contribution in [0, 0.1) is 6.92 Å². The number of aromatic nitrogens is 1. The summed E-state index contributed by atoms with van der Waals surface area (Å²) < 4.78 is 0. The van der Waals surface area contributed by atoms with Gasteiger partial charge >= 0.3 is 0 Å². The Morgan fingerprint density at radius 2 is 1.93 bits per heavy atom. The van der Waals surface area contributed by atoms with Crippen LogP contribution in [0.15, 0.2) is 24.8 Å². The SMILES string of the molecule is C=Cc1nc(C)ccc1/C=C\C.CC. The van der Waals surface area contributed by atoms with Gasteiger partial charge in [-0.2, -0.15) is 0 Å². The Bertz CT molecular complexity index is 311. The largest absolute Gasteiger partial charge is 0.253 e. The molecule has 0 bridgehead atoms. The number of rotatable bonds is 2. The van der Waals surface area contributed by atoms with Gasteiger partial charge in [-0.1, -0.05) is 38.6 Å². The van der Waals surface area contributed by atoms with Gasteiger partial charge in [0.05, 0.1) is 5.69 Å². The molecule has 0 amide bonds. The van der Waals surface area contributed by atoms with Crippen LogP contribution >= 0.6 is 0 Å². The minimum atomic E-state index is 0.952. The fourth-order valence-corrected chi connectivity index (χ4v) is 1.07. The normalized spacial score (nSPS) is 9.43. The van der Waals surface area contributed by atoms with Crippen molar-refractivity contribution in [3.8, 4) is 0 Å². The summed E-state index contributed by atoms with van der Waals surface area (Å²) in [5, 5.41) is 0. The Hall–Kier alpha value is -1.37. The zero-order valence-corrected chi connectivity index (χ0v) is 9.54. The lowest BCUT2D eigenvalue weighted by Gasteiger charge is -2.00. The lowest BCUT2D eigenvalue weighted by Crippen LogP contribution is -1.88. The van der Waals surface area contributed by atoms with E-state index in [1.54, 1.807) is 6.08 Å². The van der Waals surface area contributed by atoms with Crippen molar-refractivity contribution >= 4 is 12.2 Å². The Balaban J connectivity index is 0.000000791.